The first-order valence-electron chi connectivity index (χ1n) is 6.08. The summed E-state index contributed by atoms with van der Waals surface area (Å²) in [6, 6.07) is 11.9. The number of hydrogen-bond donors (Lipinski definition) is 1. The summed E-state index contributed by atoms with van der Waals surface area (Å²) in [7, 11) is 0. The fourth-order valence-electron chi connectivity index (χ4n) is 2.26. The lowest BCUT2D eigenvalue weighted by molar-refractivity contribution is 0.900. The number of fused-ring (bicyclic) bond motifs is 1. The summed E-state index contributed by atoms with van der Waals surface area (Å²) in [4.78, 5) is 27.4. The molecule has 100 valence electrons. The number of hydrogen-bond acceptors (Lipinski definition) is 2. The van der Waals surface area contributed by atoms with Crippen LogP contribution in [-0.4, -0.2) is 9.55 Å². The van der Waals surface area contributed by atoms with E-state index in [2.05, 4.69) is 4.98 Å². The number of aryl methyl sites for hydroxylation is 1. The minimum atomic E-state index is -0.463. The monoisotopic (exact) mass is 286 g/mol. The minimum absolute atomic E-state index is 0.329. The molecule has 0 fully saturated rings. The van der Waals surface area contributed by atoms with E-state index in [9.17, 15) is 9.59 Å². The highest BCUT2D eigenvalue weighted by Gasteiger charge is 2.10. The maximum absolute atomic E-state index is 12.6. The van der Waals surface area contributed by atoms with Crippen LogP contribution in [0.3, 0.4) is 0 Å². The Labute approximate surface area is 119 Å². The van der Waals surface area contributed by atoms with Crippen LogP contribution in [0.1, 0.15) is 5.56 Å². The third-order valence-corrected chi connectivity index (χ3v) is 3.47. The van der Waals surface area contributed by atoms with Gasteiger partial charge in [0.25, 0.3) is 5.56 Å². The molecule has 5 heteroatoms. The van der Waals surface area contributed by atoms with Gasteiger partial charge in [0.15, 0.2) is 0 Å². The Kier molecular flexibility index (Phi) is 2.95. The zero-order valence-electron chi connectivity index (χ0n) is 10.7. The molecule has 1 heterocycles. The fraction of sp³-hybridized carbons (Fsp3) is 0.0667. The van der Waals surface area contributed by atoms with E-state index in [1.54, 1.807) is 36.4 Å². The summed E-state index contributed by atoms with van der Waals surface area (Å²) in [6.07, 6.45) is 0. The van der Waals surface area contributed by atoms with Gasteiger partial charge in [-0.2, -0.15) is 0 Å². The molecular formula is C15H11ClN2O2. The molecule has 0 amide bonds. The average molecular weight is 287 g/mol. The van der Waals surface area contributed by atoms with Crippen molar-refractivity contribution >= 4 is 22.5 Å². The van der Waals surface area contributed by atoms with Crippen molar-refractivity contribution in [2.75, 3.05) is 0 Å². The summed E-state index contributed by atoms with van der Waals surface area (Å²) in [6.45, 7) is 1.84. The molecule has 4 nitrogen and oxygen atoms in total. The highest BCUT2D eigenvalue weighted by Crippen LogP contribution is 2.13. The van der Waals surface area contributed by atoms with E-state index in [1.807, 2.05) is 13.0 Å². The Hall–Kier alpha value is -2.33. The molecule has 3 rings (SSSR count). The van der Waals surface area contributed by atoms with Gasteiger partial charge in [0.05, 0.1) is 16.6 Å². The van der Waals surface area contributed by atoms with Gasteiger partial charge in [-0.05, 0) is 42.8 Å². The first kappa shape index (κ1) is 12.7. The number of rotatable bonds is 1. The molecule has 0 saturated heterocycles. The van der Waals surface area contributed by atoms with Gasteiger partial charge in [0, 0.05) is 5.02 Å². The summed E-state index contributed by atoms with van der Waals surface area (Å²) < 4.78 is 1.12. The molecule has 0 aliphatic carbocycles. The van der Waals surface area contributed by atoms with Gasteiger partial charge in [-0.25, -0.2) is 9.36 Å². The second-order valence-corrected chi connectivity index (χ2v) is 4.98. The SMILES string of the molecule is Cc1cccc2[nH]c(=O)n(-c3ccc(Cl)cc3)c(=O)c12. The van der Waals surface area contributed by atoms with E-state index >= 15 is 0 Å². The maximum Gasteiger partial charge on any atom is 0.333 e. The molecule has 0 aliphatic rings. The number of halogens is 1. The van der Waals surface area contributed by atoms with Crippen LogP contribution in [0.2, 0.25) is 5.02 Å². The number of aromatic amines is 1. The van der Waals surface area contributed by atoms with E-state index in [1.165, 1.54) is 0 Å². The highest BCUT2D eigenvalue weighted by molar-refractivity contribution is 6.30. The molecule has 0 unspecified atom stereocenters. The molecule has 1 aromatic heterocycles. The molecule has 2 aromatic carbocycles. The number of benzene rings is 2. The van der Waals surface area contributed by atoms with Crippen molar-refractivity contribution in [2.24, 2.45) is 0 Å². The average Bonchev–Trinajstić information content (AvgIpc) is 2.40. The molecule has 3 aromatic rings. The molecule has 20 heavy (non-hydrogen) atoms. The van der Waals surface area contributed by atoms with E-state index in [0.717, 1.165) is 10.1 Å². The number of nitrogens with zero attached hydrogens (tertiary/aromatic N) is 1. The van der Waals surface area contributed by atoms with Crippen LogP contribution in [0, 0.1) is 6.92 Å². The van der Waals surface area contributed by atoms with E-state index < -0.39 is 5.69 Å². The van der Waals surface area contributed by atoms with Crippen LogP contribution in [-0.2, 0) is 0 Å². The van der Waals surface area contributed by atoms with Gasteiger partial charge in [-0.15, -0.1) is 0 Å². The Morgan fingerprint density at radius 3 is 2.45 bits per heavy atom. The van der Waals surface area contributed by atoms with E-state index in [0.29, 0.717) is 21.6 Å². The molecule has 0 aliphatic heterocycles. The topological polar surface area (TPSA) is 54.9 Å². The molecule has 0 atom stereocenters. The smallest absolute Gasteiger partial charge is 0.306 e. The van der Waals surface area contributed by atoms with Crippen LogP contribution in [0.5, 0.6) is 0 Å². The quantitative estimate of drug-likeness (QED) is 0.748. The van der Waals surface area contributed by atoms with Crippen molar-refractivity contribution in [3.8, 4) is 5.69 Å². The van der Waals surface area contributed by atoms with Crippen LogP contribution < -0.4 is 11.2 Å². The molecule has 0 radical (unpaired) electrons. The maximum atomic E-state index is 12.6. The van der Waals surface area contributed by atoms with Crippen LogP contribution in [0.25, 0.3) is 16.6 Å². The lowest BCUT2D eigenvalue weighted by Crippen LogP contribution is -2.33. The van der Waals surface area contributed by atoms with Gasteiger partial charge in [-0.1, -0.05) is 23.7 Å². The molecule has 0 bridgehead atoms. The zero-order valence-corrected chi connectivity index (χ0v) is 11.4. The summed E-state index contributed by atoms with van der Waals surface area (Å²) in [5.41, 5.74) is 1.07. The number of nitrogens with one attached hydrogen (secondary N) is 1. The Morgan fingerprint density at radius 2 is 1.75 bits per heavy atom. The van der Waals surface area contributed by atoms with E-state index in [4.69, 9.17) is 11.6 Å². The standard InChI is InChI=1S/C15H11ClN2O2/c1-9-3-2-4-12-13(9)14(19)18(15(20)17-12)11-7-5-10(16)6-8-11/h2-8H,1H3,(H,17,20). The molecule has 0 spiro atoms. The highest BCUT2D eigenvalue weighted by atomic mass is 35.5. The van der Waals surface area contributed by atoms with Crippen molar-refractivity contribution in [3.05, 3.63) is 73.9 Å². The van der Waals surface area contributed by atoms with E-state index in [-0.39, 0.29) is 5.56 Å². The molecule has 0 saturated carbocycles. The van der Waals surface area contributed by atoms with Gasteiger partial charge >= 0.3 is 5.69 Å². The largest absolute Gasteiger partial charge is 0.333 e. The fourth-order valence-corrected chi connectivity index (χ4v) is 2.38. The summed E-state index contributed by atoms with van der Waals surface area (Å²) >= 11 is 5.83. The summed E-state index contributed by atoms with van der Waals surface area (Å²) in [5, 5.41) is 1.07. The van der Waals surface area contributed by atoms with Crippen LogP contribution in [0.4, 0.5) is 0 Å². The third-order valence-electron chi connectivity index (χ3n) is 3.22. The third kappa shape index (κ3) is 1.94. The Morgan fingerprint density at radius 1 is 1.05 bits per heavy atom. The lowest BCUT2D eigenvalue weighted by atomic mass is 10.1. The van der Waals surface area contributed by atoms with Gasteiger partial charge in [0.2, 0.25) is 0 Å². The van der Waals surface area contributed by atoms with Crippen molar-refractivity contribution in [2.45, 2.75) is 6.92 Å². The molecular weight excluding hydrogens is 276 g/mol. The minimum Gasteiger partial charge on any atom is -0.306 e. The second kappa shape index (κ2) is 4.65. The predicted octanol–water partition coefficient (Wildman–Crippen LogP) is 2.64. The van der Waals surface area contributed by atoms with Crippen molar-refractivity contribution in [3.63, 3.8) is 0 Å². The van der Waals surface area contributed by atoms with Gasteiger partial charge in [0.1, 0.15) is 0 Å². The van der Waals surface area contributed by atoms with Crippen molar-refractivity contribution in [1.29, 1.82) is 0 Å². The zero-order chi connectivity index (χ0) is 14.3. The number of aromatic nitrogens is 2. The summed E-state index contributed by atoms with van der Waals surface area (Å²) in [5.74, 6) is 0. The Balaban J connectivity index is 2.43. The van der Waals surface area contributed by atoms with Crippen LogP contribution >= 0.6 is 11.6 Å². The lowest BCUT2D eigenvalue weighted by Gasteiger charge is -2.07. The predicted molar refractivity (Wildman–Crippen MR) is 79.9 cm³/mol. The van der Waals surface area contributed by atoms with Gasteiger partial charge in [-0.3, -0.25) is 4.79 Å². The first-order valence-corrected chi connectivity index (χ1v) is 6.46. The van der Waals surface area contributed by atoms with Crippen molar-refractivity contribution < 1.29 is 0 Å². The molecule has 1 N–H and O–H groups in total. The number of H-pyrrole nitrogens is 1. The van der Waals surface area contributed by atoms with Gasteiger partial charge < -0.3 is 4.98 Å². The first-order chi connectivity index (χ1) is 9.58. The second-order valence-electron chi connectivity index (χ2n) is 4.54. The van der Waals surface area contributed by atoms with Crippen molar-refractivity contribution in [1.82, 2.24) is 9.55 Å². The Bertz CT molecular complexity index is 908. The van der Waals surface area contributed by atoms with Crippen LogP contribution in [0.15, 0.2) is 52.1 Å². The normalized spacial score (nSPS) is 10.9.